The van der Waals surface area contributed by atoms with Crippen molar-refractivity contribution >= 4 is 68.2 Å². The molecule has 824 valence electrons. The number of benzene rings is 6. The van der Waals surface area contributed by atoms with Gasteiger partial charge >= 0.3 is 126 Å². The first-order chi connectivity index (χ1) is 62.6. The van der Waals surface area contributed by atoms with Gasteiger partial charge in [0.1, 0.15) is 0 Å². The van der Waals surface area contributed by atoms with Crippen LogP contribution in [0, 0.1) is 121 Å². The average molecular weight is 3460 g/mol. The molecular weight excluding hydrogens is 3340 g/mol. The smallest absolute Gasteiger partial charge is 1.00 e. The van der Waals surface area contributed by atoms with E-state index in [0.29, 0.717) is 36.4 Å². The number of nitro benzene ring substituents is 12. The third-order valence-electron chi connectivity index (χ3n) is 19.3. The number of hydrogen-bond acceptors (Lipinski definition) is 34. The van der Waals surface area contributed by atoms with Gasteiger partial charge in [0.2, 0.25) is 0 Å². The van der Waals surface area contributed by atoms with Crippen LogP contribution in [0.2, 0.25) is 0 Å². The molecule has 0 aliphatic carbocycles. The first kappa shape index (κ1) is 178. The van der Waals surface area contributed by atoms with Crippen LogP contribution in [0.3, 0.4) is 0 Å². The van der Waals surface area contributed by atoms with Crippen molar-refractivity contribution in [2.45, 2.75) is 209 Å². The summed E-state index contributed by atoms with van der Waals surface area (Å²) in [4.78, 5) is 112. The number of unbranched alkanes of at least 4 members (excludes halogenated alkanes) is 8. The van der Waals surface area contributed by atoms with Crippen LogP contribution in [0.5, 0.6) is 34.5 Å². The van der Waals surface area contributed by atoms with Crippen molar-refractivity contribution < 1.29 is 436 Å². The van der Waals surface area contributed by atoms with Crippen LogP contribution in [-0.4, -0.2) is 173 Å². The van der Waals surface area contributed by atoms with Crippen molar-refractivity contribution in [2.24, 2.45) is 0 Å². The molecule has 0 bridgehead atoms. The first-order valence-electron chi connectivity index (χ1n) is 43.2. The fourth-order valence-corrected chi connectivity index (χ4v) is 11.9. The van der Waals surface area contributed by atoms with Crippen LogP contribution in [0.4, 0.5) is 68.2 Å². The summed E-state index contributed by atoms with van der Waals surface area (Å²) in [5.74, 6) is -5.02. The maximum atomic E-state index is 10.8. The number of rotatable bonds is 36. The first-order valence-corrected chi connectivity index (χ1v) is 43.2. The minimum Gasteiger partial charge on any atom is -1.00 e. The van der Waals surface area contributed by atoms with E-state index in [1.807, 2.05) is 0 Å². The average Bonchev–Trinajstić information content (AvgIpc) is 0.954. The SMILES string of the molecule is C1CCOC1.C1CCOC1.C1CCOC1.C1CCOC1.CCCC[N+](CCCC)(CCCC)CCCC.CCCC[N+](CCCC)(CCCC)CCCC.O=[N+]([O-])c1ccc([O-])c([N+](=O)[O-])c1.O=[N+]([O-])c1ccc([O-])c([N+](=O)[O-])c1.O=[N+]([O-])c1ccc([O-])c([N+](=O)[O-])c1.O=[N+]([O-])c1ccc([O-])c([N+](=O)[O-])c1.O=[N+]([O-])c1ccc([O-])c([N+](=O)[O-])c1.O=[N+]([O-])c1ccc([O-])c([N+](=O)[O-])c1.[I-].[I-].[I-].[I-].[I-].[I-].[I-].[I-].[Mo+2].[Mo+2].[Mo+2].[Mo+2].[Mo+2].[Mo+2]. The molecule has 0 amide bonds. The van der Waals surface area contributed by atoms with Crippen LogP contribution in [-0.2, 0) is 145 Å². The fraction of sp³-hybridized carbons (Fsp3) is 0.571. The third-order valence-corrected chi connectivity index (χ3v) is 19.3. The van der Waals surface area contributed by atoms with E-state index in [-0.39, 0.29) is 318 Å². The van der Waals surface area contributed by atoms with Crippen molar-refractivity contribution in [2.75, 3.05) is 105 Å². The Labute approximate surface area is 1070 Å². The molecule has 48 nitrogen and oxygen atoms in total. The van der Waals surface area contributed by atoms with Gasteiger partial charge in [-0.1, -0.05) is 143 Å². The summed E-state index contributed by atoms with van der Waals surface area (Å²) in [7, 11) is 0. The number of ether oxygens (including phenoxy) is 4. The van der Waals surface area contributed by atoms with E-state index >= 15 is 0 Å². The Morgan fingerprint density at radius 3 is 0.370 bits per heavy atom. The van der Waals surface area contributed by atoms with E-state index in [1.54, 1.807) is 0 Å². The normalized spacial score (nSPS) is 11.2. The van der Waals surface area contributed by atoms with Crippen molar-refractivity contribution in [3.63, 3.8) is 0 Å². The molecule has 62 heteroatoms. The zero-order chi connectivity index (χ0) is 100. The van der Waals surface area contributed by atoms with Gasteiger partial charge in [-0.15, -0.1) is 0 Å². The Morgan fingerprint density at radius 1 is 0.199 bits per heavy atom. The van der Waals surface area contributed by atoms with Crippen molar-refractivity contribution in [1.82, 2.24) is 0 Å². The molecule has 0 atom stereocenters. The van der Waals surface area contributed by atoms with E-state index in [2.05, 4.69) is 55.4 Å². The molecule has 4 fully saturated rings. The molecule has 0 N–H and O–H groups in total. The van der Waals surface area contributed by atoms with E-state index in [0.717, 1.165) is 126 Å². The molecule has 4 saturated heterocycles. The van der Waals surface area contributed by atoms with Crippen LogP contribution >= 0.6 is 0 Å². The molecular formula is C84H122I8Mo6N14O34. The second kappa shape index (κ2) is 109. The third kappa shape index (κ3) is 82.2. The topological polar surface area (TPSA) is 693 Å². The number of halogens is 8. The van der Waals surface area contributed by atoms with Crippen molar-refractivity contribution in [3.8, 4) is 34.5 Å². The van der Waals surface area contributed by atoms with Crippen LogP contribution in [0.15, 0.2) is 109 Å². The van der Waals surface area contributed by atoms with Crippen LogP contribution < -0.4 is 222 Å². The number of nitrogens with zero attached hydrogens (tertiary/aromatic N) is 14. The maximum Gasteiger partial charge on any atom is 2.00 e. The largest absolute Gasteiger partial charge is 2.00 e. The Bertz CT molecular complexity index is 3810. The van der Waals surface area contributed by atoms with Gasteiger partial charge < -0.3 is 250 Å². The van der Waals surface area contributed by atoms with Gasteiger partial charge in [-0.2, -0.15) is 0 Å². The zero-order valence-electron chi connectivity index (χ0n) is 81.3. The van der Waals surface area contributed by atoms with Crippen molar-refractivity contribution in [1.29, 1.82) is 0 Å². The Hall–Kier alpha value is -3.35. The number of nitro groups is 12. The Balaban J connectivity index is -0.0000000907. The summed E-state index contributed by atoms with van der Waals surface area (Å²) in [6, 6.07) is 14.2. The molecule has 4 aliphatic rings. The van der Waals surface area contributed by atoms with Crippen molar-refractivity contribution in [3.05, 3.63) is 231 Å². The summed E-state index contributed by atoms with van der Waals surface area (Å²) in [5.41, 5.74) is -7.50. The number of quaternary nitrogens is 2. The minimum atomic E-state index is -0.949. The zero-order valence-corrected chi connectivity index (χ0v) is 111. The molecule has 0 unspecified atom stereocenters. The van der Waals surface area contributed by atoms with Gasteiger partial charge in [-0.3, -0.25) is 121 Å². The molecule has 0 radical (unpaired) electrons. The molecule has 0 spiro atoms. The van der Waals surface area contributed by atoms with E-state index in [9.17, 15) is 152 Å². The molecule has 0 aromatic heterocycles. The summed E-state index contributed by atoms with van der Waals surface area (Å²) in [6.07, 6.45) is 32.3. The van der Waals surface area contributed by atoms with E-state index in [1.165, 1.54) is 215 Å². The minimum absolute atomic E-state index is 0. The maximum absolute atomic E-state index is 10.8. The van der Waals surface area contributed by atoms with Gasteiger partial charge in [0, 0.05) is 89.3 Å². The standard InChI is InChI=1S/2C16H36N.6C6H4N2O5.4C4H8O.8HI.6Mo/c2*1-5-9-13-17(14-10-6-2,15-11-7-3)16-12-8-4;6*9-6-2-1-4(7(10)11)3-5(6)8(12)13;4*1-2-4-5-3-1;;;;;;;;;;;;;;/h2*5-16H2,1-4H3;6*1-3,9H;4*1-4H2;8*1H;;;;;;/q2*+1;;;;;;;;;;;;;;;;;;;6*+2/p-14. The van der Waals surface area contributed by atoms with Gasteiger partial charge in [0.15, 0.2) is 0 Å². The van der Waals surface area contributed by atoms with E-state index in [4.69, 9.17) is 18.9 Å². The van der Waals surface area contributed by atoms with Gasteiger partial charge in [0.25, 0.3) is 68.2 Å². The van der Waals surface area contributed by atoms with Gasteiger partial charge in [0.05, 0.1) is 148 Å². The second-order valence-electron chi connectivity index (χ2n) is 29.6. The van der Waals surface area contributed by atoms with Crippen LogP contribution in [0.25, 0.3) is 0 Å². The molecule has 6 aromatic rings. The molecule has 0 saturated carbocycles. The molecule has 4 aliphatic heterocycles. The summed E-state index contributed by atoms with van der Waals surface area (Å²) in [6.45, 7) is 38.0. The molecule has 4 heterocycles. The van der Waals surface area contributed by atoms with Gasteiger partial charge in [-0.05, 0) is 137 Å². The second-order valence-corrected chi connectivity index (χ2v) is 29.6. The Kier molecular flexibility index (Phi) is 133. The Morgan fingerprint density at radius 2 is 0.301 bits per heavy atom. The molecule has 6 aromatic carbocycles. The monoisotopic (exact) mass is 3470 g/mol. The number of non-ortho nitro benzene ring substituents is 6. The molecule has 146 heavy (non-hydrogen) atoms. The molecule has 10 rings (SSSR count). The fourth-order valence-electron chi connectivity index (χ4n) is 11.9. The van der Waals surface area contributed by atoms with Gasteiger partial charge in [-0.25, -0.2) is 0 Å². The summed E-state index contributed by atoms with van der Waals surface area (Å²) in [5, 5.41) is 187. The summed E-state index contributed by atoms with van der Waals surface area (Å²) < 4.78 is 22.6. The van der Waals surface area contributed by atoms with Crippen LogP contribution in [0.1, 0.15) is 209 Å². The predicted molar refractivity (Wildman–Crippen MR) is 474 cm³/mol. The quantitative estimate of drug-likeness (QED) is 0.0116. The summed E-state index contributed by atoms with van der Waals surface area (Å²) >= 11 is 0. The predicted octanol–water partition coefficient (Wildman–Crippen LogP) is -7.33. The van der Waals surface area contributed by atoms with E-state index < -0.39 is 162 Å². The number of hydrogen-bond donors (Lipinski definition) is 0.